The Morgan fingerprint density at radius 1 is 0.600 bits per heavy atom. The Morgan fingerprint density at radius 2 is 0.933 bits per heavy atom. The second-order valence-corrected chi connectivity index (χ2v) is 4.39. The van der Waals surface area contributed by atoms with E-state index in [1.165, 1.54) is 70.6 Å². The number of hydrogen-bond acceptors (Lipinski definition) is 0. The van der Waals surface area contributed by atoms with Gasteiger partial charge in [-0.25, -0.2) is 0 Å². The molecule has 87 valence electrons. The summed E-state index contributed by atoms with van der Waals surface area (Å²) in [5, 5.41) is 0. The molecular formula is C14H30Li. The van der Waals surface area contributed by atoms with Crippen LogP contribution in [0.4, 0.5) is 0 Å². The molecule has 0 aromatic rings. The summed E-state index contributed by atoms with van der Waals surface area (Å²) in [4.78, 5) is 0. The molecule has 0 amide bonds. The topological polar surface area (TPSA) is 0 Å². The molecule has 0 nitrogen and oxygen atoms in total. The Hall–Kier alpha value is 0.597. The Morgan fingerprint density at radius 3 is 1.27 bits per heavy atom. The summed E-state index contributed by atoms with van der Waals surface area (Å²) < 4.78 is 0. The molecule has 0 heterocycles. The molecule has 0 saturated heterocycles. The van der Waals surface area contributed by atoms with E-state index in [1.54, 1.807) is 0 Å². The first kappa shape index (κ1) is 18.0. The molecule has 0 bridgehead atoms. The van der Waals surface area contributed by atoms with Crippen LogP contribution in [0.15, 0.2) is 0 Å². The summed E-state index contributed by atoms with van der Waals surface area (Å²) in [7, 11) is 0. The second-order valence-electron chi connectivity index (χ2n) is 4.39. The van der Waals surface area contributed by atoms with Crippen molar-refractivity contribution in [1.29, 1.82) is 0 Å². The molecule has 0 aliphatic rings. The van der Waals surface area contributed by atoms with E-state index in [1.807, 2.05) is 0 Å². The Balaban J connectivity index is 0. The molecule has 0 spiro atoms. The van der Waals surface area contributed by atoms with Crippen molar-refractivity contribution in [1.82, 2.24) is 0 Å². The van der Waals surface area contributed by atoms with Crippen LogP contribution in [0, 0.1) is 6.92 Å². The summed E-state index contributed by atoms with van der Waals surface area (Å²) in [6.07, 6.45) is 16.9. The quantitative estimate of drug-likeness (QED) is 0.333. The molecule has 0 atom stereocenters. The number of rotatable bonds is 11. The molecule has 0 unspecified atom stereocenters. The third kappa shape index (κ3) is 17.2. The molecule has 0 rings (SSSR count). The third-order valence-corrected chi connectivity index (χ3v) is 2.85. The molecular weight excluding hydrogens is 175 g/mol. The van der Waals surface area contributed by atoms with Crippen molar-refractivity contribution in [3.63, 3.8) is 0 Å². The van der Waals surface area contributed by atoms with Crippen molar-refractivity contribution in [3.8, 4) is 0 Å². The predicted octanol–water partition coefficient (Wildman–Crippen LogP) is 4.87. The maximum atomic E-state index is 3.86. The van der Waals surface area contributed by atoms with Gasteiger partial charge in [0.15, 0.2) is 0 Å². The van der Waals surface area contributed by atoms with Crippen molar-refractivity contribution in [3.05, 3.63) is 6.92 Å². The number of unbranched alkanes of at least 4 members (excludes halogenated alkanes) is 11. The standard InChI is InChI=1S/C14H29.Li.H/c1-3-5-7-9-11-13-14-12-10-8-6-4-2;;/h1,3-14H2,2H3;;. The molecule has 0 saturated carbocycles. The molecule has 1 heteroatoms. The first-order valence-corrected chi connectivity index (χ1v) is 6.71. The summed E-state index contributed by atoms with van der Waals surface area (Å²) in [5.41, 5.74) is 0. The van der Waals surface area contributed by atoms with E-state index in [0.29, 0.717) is 0 Å². The van der Waals surface area contributed by atoms with E-state index in [-0.39, 0.29) is 18.9 Å². The molecule has 0 aliphatic heterocycles. The van der Waals surface area contributed by atoms with Gasteiger partial charge in [0.1, 0.15) is 0 Å². The van der Waals surface area contributed by atoms with Gasteiger partial charge in [0, 0.05) is 0 Å². The fraction of sp³-hybridized carbons (Fsp3) is 0.929. The monoisotopic (exact) mass is 205 g/mol. The van der Waals surface area contributed by atoms with Gasteiger partial charge in [0.05, 0.1) is 0 Å². The summed E-state index contributed by atoms with van der Waals surface area (Å²) in [6, 6.07) is 0. The van der Waals surface area contributed by atoms with E-state index in [9.17, 15) is 0 Å². The zero-order chi connectivity index (χ0) is 10.5. The van der Waals surface area contributed by atoms with Gasteiger partial charge < -0.3 is 0 Å². The zero-order valence-electron chi connectivity index (χ0n) is 10.2. The van der Waals surface area contributed by atoms with Crippen LogP contribution in [0.25, 0.3) is 0 Å². The van der Waals surface area contributed by atoms with E-state index in [0.717, 1.165) is 6.42 Å². The Labute approximate surface area is 110 Å². The van der Waals surface area contributed by atoms with Crippen LogP contribution in [0.2, 0.25) is 0 Å². The van der Waals surface area contributed by atoms with Gasteiger partial charge >= 0.3 is 18.9 Å². The van der Waals surface area contributed by atoms with Crippen molar-refractivity contribution in [2.75, 3.05) is 0 Å². The normalized spacial score (nSPS) is 10.0. The maximum absolute atomic E-state index is 3.86. The average Bonchev–Trinajstić information content (AvgIpc) is 2.21. The van der Waals surface area contributed by atoms with Crippen LogP contribution in [0.1, 0.15) is 84.0 Å². The van der Waals surface area contributed by atoms with Gasteiger partial charge in [-0.05, 0) is 0 Å². The van der Waals surface area contributed by atoms with Crippen molar-refractivity contribution >= 4 is 18.9 Å². The van der Waals surface area contributed by atoms with Gasteiger partial charge in [-0.1, -0.05) is 90.9 Å². The van der Waals surface area contributed by atoms with Gasteiger partial charge in [-0.15, -0.1) is 0 Å². The molecule has 0 N–H and O–H groups in total. The van der Waals surface area contributed by atoms with Crippen LogP contribution in [0.5, 0.6) is 0 Å². The predicted molar refractivity (Wildman–Crippen MR) is 73.6 cm³/mol. The molecule has 0 aromatic carbocycles. The molecule has 0 aliphatic carbocycles. The van der Waals surface area contributed by atoms with Gasteiger partial charge in [0.25, 0.3) is 0 Å². The van der Waals surface area contributed by atoms with E-state index in [4.69, 9.17) is 0 Å². The van der Waals surface area contributed by atoms with E-state index in [2.05, 4.69) is 13.8 Å². The average molecular weight is 205 g/mol. The van der Waals surface area contributed by atoms with Crippen LogP contribution >= 0.6 is 0 Å². The van der Waals surface area contributed by atoms with Crippen LogP contribution in [-0.2, 0) is 0 Å². The molecule has 1 radical (unpaired) electrons. The van der Waals surface area contributed by atoms with Crippen LogP contribution < -0.4 is 0 Å². The van der Waals surface area contributed by atoms with Gasteiger partial charge in [-0.3, -0.25) is 0 Å². The fourth-order valence-electron chi connectivity index (χ4n) is 1.84. The van der Waals surface area contributed by atoms with Crippen molar-refractivity contribution in [2.45, 2.75) is 84.0 Å². The molecule has 15 heavy (non-hydrogen) atoms. The minimum atomic E-state index is 0. The first-order chi connectivity index (χ1) is 6.91. The fourth-order valence-corrected chi connectivity index (χ4v) is 1.84. The zero-order valence-corrected chi connectivity index (χ0v) is 10.2. The molecule has 0 aromatic heterocycles. The van der Waals surface area contributed by atoms with Gasteiger partial charge in [-0.2, -0.15) is 0 Å². The summed E-state index contributed by atoms with van der Waals surface area (Å²) in [5.74, 6) is 0. The van der Waals surface area contributed by atoms with E-state index < -0.39 is 0 Å². The Bertz CT molecular complexity index is 79.3. The second kappa shape index (κ2) is 17.0. The first-order valence-electron chi connectivity index (χ1n) is 6.71. The Kier molecular flexibility index (Phi) is 20.4. The van der Waals surface area contributed by atoms with Crippen LogP contribution in [0.3, 0.4) is 0 Å². The van der Waals surface area contributed by atoms with Gasteiger partial charge in [0.2, 0.25) is 0 Å². The van der Waals surface area contributed by atoms with Crippen LogP contribution in [-0.4, -0.2) is 18.9 Å². The molecule has 0 fully saturated rings. The van der Waals surface area contributed by atoms with E-state index >= 15 is 0 Å². The summed E-state index contributed by atoms with van der Waals surface area (Å²) in [6.45, 7) is 6.14. The summed E-state index contributed by atoms with van der Waals surface area (Å²) >= 11 is 0. The third-order valence-electron chi connectivity index (χ3n) is 2.85. The van der Waals surface area contributed by atoms with Crippen molar-refractivity contribution < 1.29 is 0 Å². The van der Waals surface area contributed by atoms with Crippen molar-refractivity contribution in [2.24, 2.45) is 0 Å². The number of hydrogen-bond donors (Lipinski definition) is 0. The SMILES string of the molecule is [CH2]CCCCCCCCCCCCC.[LiH]. The minimum absolute atomic E-state index is 0.